The second-order valence-corrected chi connectivity index (χ2v) is 9.04. The number of benzene rings is 1. The van der Waals surface area contributed by atoms with E-state index in [1.807, 2.05) is 31.1 Å². The van der Waals surface area contributed by atoms with Crippen LogP contribution in [-0.4, -0.2) is 58.0 Å². The molecule has 0 aromatic heterocycles. The number of carbonyl (C=O) groups is 2. The van der Waals surface area contributed by atoms with Crippen molar-refractivity contribution in [2.75, 3.05) is 30.5 Å². The van der Waals surface area contributed by atoms with Gasteiger partial charge in [0.05, 0.1) is 11.5 Å². The Kier molecular flexibility index (Phi) is 6.80. The third-order valence-corrected chi connectivity index (χ3v) is 6.06. The van der Waals surface area contributed by atoms with Crippen molar-refractivity contribution in [1.29, 1.82) is 5.26 Å². The van der Waals surface area contributed by atoms with Crippen LogP contribution in [0.15, 0.2) is 29.8 Å². The molecule has 8 nitrogen and oxygen atoms in total. The summed E-state index contributed by atoms with van der Waals surface area (Å²) in [6.45, 7) is 1.37. The van der Waals surface area contributed by atoms with Crippen LogP contribution in [0, 0.1) is 11.3 Å². The number of nitriles is 1. The fourth-order valence-corrected chi connectivity index (χ4v) is 4.35. The third-order valence-electron chi connectivity index (χ3n) is 4.29. The molecule has 1 N–H and O–H groups in total. The lowest BCUT2D eigenvalue weighted by Crippen LogP contribution is -2.42. The molecule has 2 rings (SSSR count). The van der Waals surface area contributed by atoms with Crippen molar-refractivity contribution < 1.29 is 22.7 Å². The molecule has 0 radical (unpaired) electrons. The number of ether oxygens (including phenoxy) is 1. The molecular formula is C19H23N3O5S. The molecule has 0 aliphatic carbocycles. The SMILES string of the molecule is C[C@H](OC(=O)/C(C#N)=C/c1ccc(N(C)C)cc1)C(=O)N[C@H]1CCS(=O)(=O)C1. The Morgan fingerprint density at radius 2 is 1.96 bits per heavy atom. The van der Waals surface area contributed by atoms with Gasteiger partial charge in [-0.3, -0.25) is 4.79 Å². The van der Waals surface area contributed by atoms with Crippen molar-refractivity contribution >= 4 is 33.5 Å². The fourth-order valence-electron chi connectivity index (χ4n) is 2.68. The lowest BCUT2D eigenvalue weighted by atomic mass is 10.1. The van der Waals surface area contributed by atoms with E-state index in [1.54, 1.807) is 18.2 Å². The molecule has 0 bridgehead atoms. The van der Waals surface area contributed by atoms with Crippen LogP contribution >= 0.6 is 0 Å². The van der Waals surface area contributed by atoms with E-state index in [0.29, 0.717) is 12.0 Å². The van der Waals surface area contributed by atoms with E-state index >= 15 is 0 Å². The quantitative estimate of drug-likeness (QED) is 0.424. The topological polar surface area (TPSA) is 117 Å². The second kappa shape index (κ2) is 8.89. The maximum atomic E-state index is 12.2. The molecule has 1 amide bonds. The van der Waals surface area contributed by atoms with Gasteiger partial charge in [0, 0.05) is 25.8 Å². The molecule has 1 aromatic rings. The van der Waals surface area contributed by atoms with Gasteiger partial charge in [-0.25, -0.2) is 13.2 Å². The number of rotatable bonds is 6. The lowest BCUT2D eigenvalue weighted by Gasteiger charge is -2.16. The minimum atomic E-state index is -3.13. The lowest BCUT2D eigenvalue weighted by molar-refractivity contribution is -0.150. The fraction of sp³-hybridized carbons (Fsp3) is 0.421. The zero-order valence-electron chi connectivity index (χ0n) is 16.0. The Morgan fingerprint density at radius 1 is 1.32 bits per heavy atom. The number of esters is 1. The van der Waals surface area contributed by atoms with Gasteiger partial charge < -0.3 is 15.0 Å². The average Bonchev–Trinajstić information content (AvgIpc) is 2.98. The van der Waals surface area contributed by atoms with Crippen molar-refractivity contribution in [3.05, 3.63) is 35.4 Å². The summed E-state index contributed by atoms with van der Waals surface area (Å²) in [6, 6.07) is 8.51. The number of anilines is 1. The number of hydrogen-bond donors (Lipinski definition) is 1. The predicted octanol–water partition coefficient (Wildman–Crippen LogP) is 0.895. The number of amides is 1. The highest BCUT2D eigenvalue weighted by atomic mass is 32.2. The molecule has 0 saturated carbocycles. The van der Waals surface area contributed by atoms with E-state index in [1.165, 1.54) is 13.0 Å². The van der Waals surface area contributed by atoms with Crippen molar-refractivity contribution in [1.82, 2.24) is 5.32 Å². The smallest absolute Gasteiger partial charge is 0.349 e. The normalized spacial score (nSPS) is 19.4. The summed E-state index contributed by atoms with van der Waals surface area (Å²) in [5.74, 6) is -1.60. The molecule has 0 unspecified atom stereocenters. The van der Waals surface area contributed by atoms with Crippen molar-refractivity contribution in [3.63, 3.8) is 0 Å². The van der Waals surface area contributed by atoms with Crippen LogP contribution in [0.25, 0.3) is 6.08 Å². The predicted molar refractivity (Wildman–Crippen MR) is 105 cm³/mol. The van der Waals surface area contributed by atoms with Crippen LogP contribution in [0.5, 0.6) is 0 Å². The maximum absolute atomic E-state index is 12.2. The Labute approximate surface area is 164 Å². The van der Waals surface area contributed by atoms with Gasteiger partial charge in [-0.1, -0.05) is 12.1 Å². The first kappa shape index (κ1) is 21.4. The summed E-state index contributed by atoms with van der Waals surface area (Å²) in [4.78, 5) is 26.3. The Balaban J connectivity index is 1.98. The molecule has 1 aliphatic rings. The molecule has 9 heteroatoms. The first-order chi connectivity index (χ1) is 13.1. The third kappa shape index (κ3) is 5.82. The van der Waals surface area contributed by atoms with Crippen LogP contribution in [0.4, 0.5) is 5.69 Å². The minimum Gasteiger partial charge on any atom is -0.448 e. The molecule has 1 aliphatic heterocycles. The monoisotopic (exact) mass is 405 g/mol. The van der Waals surface area contributed by atoms with Gasteiger partial charge in [0.2, 0.25) is 0 Å². The van der Waals surface area contributed by atoms with Crippen LogP contribution in [-0.2, 0) is 24.2 Å². The largest absolute Gasteiger partial charge is 0.448 e. The molecule has 28 heavy (non-hydrogen) atoms. The molecule has 1 aromatic carbocycles. The summed E-state index contributed by atoms with van der Waals surface area (Å²) in [5, 5.41) is 11.8. The Morgan fingerprint density at radius 3 is 2.46 bits per heavy atom. The summed E-state index contributed by atoms with van der Waals surface area (Å²) in [6.07, 6.45) is 0.570. The van der Waals surface area contributed by atoms with Crippen LogP contribution in [0.1, 0.15) is 18.9 Å². The molecule has 1 heterocycles. The molecule has 1 saturated heterocycles. The highest BCUT2D eigenvalue weighted by molar-refractivity contribution is 7.91. The number of nitrogens with zero attached hydrogens (tertiary/aromatic N) is 2. The van der Waals surface area contributed by atoms with Crippen LogP contribution in [0.2, 0.25) is 0 Å². The Hall–Kier alpha value is -2.86. The zero-order valence-corrected chi connectivity index (χ0v) is 16.8. The van der Waals surface area contributed by atoms with Gasteiger partial charge in [0.1, 0.15) is 11.6 Å². The number of carbonyl (C=O) groups excluding carboxylic acids is 2. The summed E-state index contributed by atoms with van der Waals surface area (Å²) < 4.78 is 28.0. The van der Waals surface area contributed by atoms with Crippen molar-refractivity contribution in [2.24, 2.45) is 0 Å². The van der Waals surface area contributed by atoms with Gasteiger partial charge in [-0.05, 0) is 37.1 Å². The maximum Gasteiger partial charge on any atom is 0.349 e. The number of hydrogen-bond acceptors (Lipinski definition) is 7. The number of nitrogens with one attached hydrogen (secondary N) is 1. The van der Waals surface area contributed by atoms with E-state index in [4.69, 9.17) is 4.74 Å². The van der Waals surface area contributed by atoms with Gasteiger partial charge in [-0.15, -0.1) is 0 Å². The Bertz CT molecular complexity index is 914. The molecule has 2 atom stereocenters. The highest BCUT2D eigenvalue weighted by Gasteiger charge is 2.31. The first-order valence-electron chi connectivity index (χ1n) is 8.72. The van der Waals surface area contributed by atoms with Crippen molar-refractivity contribution in [3.8, 4) is 6.07 Å². The summed E-state index contributed by atoms with van der Waals surface area (Å²) >= 11 is 0. The summed E-state index contributed by atoms with van der Waals surface area (Å²) in [7, 11) is 0.670. The van der Waals surface area contributed by atoms with E-state index in [-0.39, 0.29) is 17.1 Å². The van der Waals surface area contributed by atoms with E-state index in [2.05, 4.69) is 5.32 Å². The van der Waals surface area contributed by atoms with Crippen LogP contribution < -0.4 is 10.2 Å². The van der Waals surface area contributed by atoms with Crippen LogP contribution in [0.3, 0.4) is 0 Å². The average molecular weight is 405 g/mol. The second-order valence-electron chi connectivity index (χ2n) is 6.81. The van der Waals surface area contributed by atoms with E-state index in [0.717, 1.165) is 5.69 Å². The van der Waals surface area contributed by atoms with E-state index < -0.39 is 33.9 Å². The summed E-state index contributed by atoms with van der Waals surface area (Å²) in [5.41, 5.74) is 1.38. The van der Waals surface area contributed by atoms with Gasteiger partial charge >= 0.3 is 5.97 Å². The molecule has 150 valence electrons. The van der Waals surface area contributed by atoms with Gasteiger partial charge in [-0.2, -0.15) is 5.26 Å². The first-order valence-corrected chi connectivity index (χ1v) is 10.5. The van der Waals surface area contributed by atoms with Crippen molar-refractivity contribution in [2.45, 2.75) is 25.5 Å². The standard InChI is InChI=1S/C19H23N3O5S/c1-13(18(23)21-16-8-9-28(25,26)12-16)27-19(24)15(11-20)10-14-4-6-17(7-5-14)22(2)3/h4-7,10,13,16H,8-9,12H2,1-3H3,(H,21,23)/b15-10+/t13-,16-/m0/s1. The molecule has 0 spiro atoms. The highest BCUT2D eigenvalue weighted by Crippen LogP contribution is 2.16. The molecule has 1 fully saturated rings. The molecular weight excluding hydrogens is 382 g/mol. The van der Waals surface area contributed by atoms with Gasteiger partial charge in [0.25, 0.3) is 5.91 Å². The van der Waals surface area contributed by atoms with Gasteiger partial charge in [0.15, 0.2) is 15.9 Å². The minimum absolute atomic E-state index is 0.0278. The van der Waals surface area contributed by atoms with E-state index in [9.17, 15) is 23.3 Å². The zero-order chi connectivity index (χ0) is 20.9. The number of sulfone groups is 1.